The van der Waals surface area contributed by atoms with E-state index < -0.39 is 0 Å². The lowest BCUT2D eigenvalue weighted by Crippen LogP contribution is -2.22. The third-order valence-corrected chi connectivity index (χ3v) is 4.56. The summed E-state index contributed by atoms with van der Waals surface area (Å²) in [6.07, 6.45) is 3.08. The summed E-state index contributed by atoms with van der Waals surface area (Å²) in [5.41, 5.74) is 0.763. The molecule has 1 unspecified atom stereocenters. The summed E-state index contributed by atoms with van der Waals surface area (Å²) in [6, 6.07) is 9.82. The first-order chi connectivity index (χ1) is 14.3. The SMILES string of the molecule is COc1cc(C#CCOCC#CCOC2CCCCO2)c(OC)c2ccccc12. The van der Waals surface area contributed by atoms with Gasteiger partial charge in [-0.05, 0) is 19.3 Å². The maximum Gasteiger partial charge on any atom is 0.158 e. The van der Waals surface area contributed by atoms with Crippen molar-refractivity contribution in [3.63, 3.8) is 0 Å². The lowest BCUT2D eigenvalue weighted by atomic mass is 10.0. The second-order valence-corrected chi connectivity index (χ2v) is 6.46. The van der Waals surface area contributed by atoms with E-state index in [2.05, 4.69) is 23.7 Å². The number of benzene rings is 2. The van der Waals surface area contributed by atoms with E-state index in [-0.39, 0.29) is 12.9 Å². The molecule has 1 heterocycles. The Morgan fingerprint density at radius 1 is 0.966 bits per heavy atom. The average Bonchev–Trinajstić information content (AvgIpc) is 2.78. The van der Waals surface area contributed by atoms with E-state index in [9.17, 15) is 0 Å². The van der Waals surface area contributed by atoms with Gasteiger partial charge in [-0.3, -0.25) is 0 Å². The molecule has 0 aromatic heterocycles. The van der Waals surface area contributed by atoms with Gasteiger partial charge in [-0.25, -0.2) is 0 Å². The number of hydrogen-bond donors (Lipinski definition) is 0. The molecule has 3 rings (SSSR count). The van der Waals surface area contributed by atoms with Crippen molar-refractivity contribution in [3.8, 4) is 35.2 Å². The van der Waals surface area contributed by atoms with Crippen LogP contribution in [0.5, 0.6) is 11.5 Å². The highest BCUT2D eigenvalue weighted by atomic mass is 16.7. The van der Waals surface area contributed by atoms with Crippen molar-refractivity contribution in [2.75, 3.05) is 40.6 Å². The van der Waals surface area contributed by atoms with Crippen LogP contribution in [0.3, 0.4) is 0 Å². The monoisotopic (exact) mass is 394 g/mol. The first kappa shape index (κ1) is 21.0. The molecule has 0 bridgehead atoms. The van der Waals surface area contributed by atoms with E-state index in [4.69, 9.17) is 23.7 Å². The van der Waals surface area contributed by atoms with Gasteiger partial charge in [-0.2, -0.15) is 0 Å². The fraction of sp³-hybridized carbons (Fsp3) is 0.417. The molecule has 2 aromatic carbocycles. The number of methoxy groups -OCH3 is 2. The van der Waals surface area contributed by atoms with Crippen LogP contribution in [-0.4, -0.2) is 46.9 Å². The molecular formula is C24H26O5. The Morgan fingerprint density at radius 3 is 2.52 bits per heavy atom. The minimum atomic E-state index is -0.112. The van der Waals surface area contributed by atoms with Crippen LogP contribution in [-0.2, 0) is 14.2 Å². The minimum Gasteiger partial charge on any atom is -0.496 e. The Bertz CT molecular complexity index is 923. The number of rotatable bonds is 6. The first-order valence-corrected chi connectivity index (χ1v) is 9.72. The van der Waals surface area contributed by atoms with Gasteiger partial charge in [0.1, 0.15) is 31.3 Å². The van der Waals surface area contributed by atoms with E-state index in [1.54, 1.807) is 14.2 Å². The van der Waals surface area contributed by atoms with Gasteiger partial charge in [0, 0.05) is 23.4 Å². The lowest BCUT2D eigenvalue weighted by Gasteiger charge is -2.21. The molecule has 1 aliphatic rings. The number of fused-ring (bicyclic) bond motifs is 1. The molecule has 5 heteroatoms. The summed E-state index contributed by atoms with van der Waals surface area (Å²) >= 11 is 0. The normalized spacial score (nSPS) is 15.7. The zero-order valence-electron chi connectivity index (χ0n) is 17.0. The molecule has 1 aliphatic heterocycles. The quantitative estimate of drug-likeness (QED) is 0.551. The van der Waals surface area contributed by atoms with Crippen molar-refractivity contribution in [3.05, 3.63) is 35.9 Å². The van der Waals surface area contributed by atoms with Gasteiger partial charge < -0.3 is 23.7 Å². The maximum absolute atomic E-state index is 5.59. The lowest BCUT2D eigenvalue weighted by molar-refractivity contribution is -0.154. The van der Waals surface area contributed by atoms with Crippen molar-refractivity contribution in [2.45, 2.75) is 25.6 Å². The van der Waals surface area contributed by atoms with Crippen LogP contribution in [0, 0.1) is 23.7 Å². The van der Waals surface area contributed by atoms with E-state index in [0.717, 1.165) is 53.7 Å². The summed E-state index contributed by atoms with van der Waals surface area (Å²) in [5.74, 6) is 13.5. The highest BCUT2D eigenvalue weighted by molar-refractivity contribution is 5.95. The Hall–Kier alpha value is -2.70. The standard InChI is InChI=1S/C24H26O5/c1-25-22-18-19(24(26-2)21-12-4-3-11-20(21)22)10-9-15-27-14-7-8-17-29-23-13-5-6-16-28-23/h3-4,11-12,18,23H,5-6,13-17H2,1-2H3. The molecule has 29 heavy (non-hydrogen) atoms. The van der Waals surface area contributed by atoms with Gasteiger partial charge in [0.2, 0.25) is 0 Å². The molecule has 0 saturated carbocycles. The third-order valence-electron chi connectivity index (χ3n) is 4.56. The van der Waals surface area contributed by atoms with Gasteiger partial charge in [-0.15, -0.1) is 0 Å². The van der Waals surface area contributed by atoms with Crippen LogP contribution < -0.4 is 9.47 Å². The fourth-order valence-corrected chi connectivity index (χ4v) is 3.16. The van der Waals surface area contributed by atoms with Gasteiger partial charge in [0.05, 0.1) is 19.8 Å². The smallest absolute Gasteiger partial charge is 0.158 e. The maximum atomic E-state index is 5.59. The second-order valence-electron chi connectivity index (χ2n) is 6.46. The predicted molar refractivity (Wildman–Crippen MR) is 112 cm³/mol. The van der Waals surface area contributed by atoms with Crippen LogP contribution in [0.25, 0.3) is 10.8 Å². The van der Waals surface area contributed by atoms with Crippen LogP contribution in [0.15, 0.2) is 30.3 Å². The van der Waals surface area contributed by atoms with Crippen molar-refractivity contribution in [1.29, 1.82) is 0 Å². The topological polar surface area (TPSA) is 46.2 Å². The molecule has 1 atom stereocenters. The third kappa shape index (κ3) is 5.89. The molecule has 5 nitrogen and oxygen atoms in total. The minimum absolute atomic E-state index is 0.112. The Balaban J connectivity index is 1.51. The van der Waals surface area contributed by atoms with Crippen LogP contribution >= 0.6 is 0 Å². The summed E-state index contributed by atoms with van der Waals surface area (Å²) < 4.78 is 27.6. The Labute approximate surface area is 172 Å². The average molecular weight is 394 g/mol. The van der Waals surface area contributed by atoms with Gasteiger partial charge >= 0.3 is 0 Å². The van der Waals surface area contributed by atoms with Crippen LogP contribution in [0.2, 0.25) is 0 Å². The van der Waals surface area contributed by atoms with Crippen molar-refractivity contribution in [1.82, 2.24) is 0 Å². The number of hydrogen-bond acceptors (Lipinski definition) is 5. The zero-order valence-corrected chi connectivity index (χ0v) is 17.0. The zero-order chi connectivity index (χ0) is 20.3. The van der Waals surface area contributed by atoms with E-state index in [1.165, 1.54) is 0 Å². The molecule has 0 aliphatic carbocycles. The Kier molecular flexibility index (Phi) is 8.22. The van der Waals surface area contributed by atoms with E-state index in [1.807, 2.05) is 30.3 Å². The molecule has 0 amide bonds. The molecule has 2 aromatic rings. The van der Waals surface area contributed by atoms with E-state index in [0.29, 0.717) is 13.2 Å². The van der Waals surface area contributed by atoms with E-state index >= 15 is 0 Å². The summed E-state index contributed by atoms with van der Waals surface area (Å²) in [6.45, 7) is 1.71. The highest BCUT2D eigenvalue weighted by Crippen LogP contribution is 2.36. The Morgan fingerprint density at radius 2 is 1.76 bits per heavy atom. The largest absolute Gasteiger partial charge is 0.496 e. The van der Waals surface area contributed by atoms with Gasteiger partial charge in [0.25, 0.3) is 0 Å². The van der Waals surface area contributed by atoms with Crippen molar-refractivity contribution in [2.24, 2.45) is 0 Å². The summed E-state index contributed by atoms with van der Waals surface area (Å²) in [5, 5.41) is 1.96. The summed E-state index contributed by atoms with van der Waals surface area (Å²) in [7, 11) is 3.29. The molecule has 0 N–H and O–H groups in total. The second kappa shape index (κ2) is 11.3. The molecule has 0 radical (unpaired) electrons. The van der Waals surface area contributed by atoms with Crippen LogP contribution in [0.4, 0.5) is 0 Å². The molecule has 1 saturated heterocycles. The van der Waals surface area contributed by atoms with Gasteiger partial charge in [-0.1, -0.05) is 47.9 Å². The molecule has 152 valence electrons. The van der Waals surface area contributed by atoms with Gasteiger partial charge in [0.15, 0.2) is 6.29 Å². The molecule has 0 spiro atoms. The van der Waals surface area contributed by atoms with Crippen molar-refractivity contribution < 1.29 is 23.7 Å². The summed E-state index contributed by atoms with van der Waals surface area (Å²) in [4.78, 5) is 0. The first-order valence-electron chi connectivity index (χ1n) is 9.72. The molecule has 1 fully saturated rings. The highest BCUT2D eigenvalue weighted by Gasteiger charge is 2.13. The predicted octanol–water partition coefficient (Wildman–Crippen LogP) is 3.77. The molecular weight excluding hydrogens is 368 g/mol. The van der Waals surface area contributed by atoms with Crippen molar-refractivity contribution >= 4 is 10.8 Å². The number of ether oxygens (including phenoxy) is 5. The fourth-order valence-electron chi connectivity index (χ4n) is 3.16. The van der Waals surface area contributed by atoms with Crippen LogP contribution in [0.1, 0.15) is 24.8 Å².